The Balaban J connectivity index is 2.38. The molecule has 2 heterocycles. The molecule has 2 rings (SSSR count). The first-order chi connectivity index (χ1) is 14.5. The van der Waals surface area contributed by atoms with Crippen LogP contribution in [-0.2, 0) is 18.0 Å². The number of nitrogens with zero attached hydrogens (tertiary/aromatic N) is 4. The molecule has 2 aromatic rings. The maximum Gasteiger partial charge on any atom is 0.330 e. The fraction of sp³-hybridized carbons (Fsp3) is 0.737. The van der Waals surface area contributed by atoms with Crippen LogP contribution in [0.5, 0.6) is 0 Å². The van der Waals surface area contributed by atoms with E-state index in [0.717, 1.165) is 0 Å². The van der Waals surface area contributed by atoms with Gasteiger partial charge in [0.1, 0.15) is 18.2 Å². The molecule has 0 saturated heterocycles. The molecule has 0 saturated carbocycles. The summed E-state index contributed by atoms with van der Waals surface area (Å²) >= 11 is 6.13. The summed E-state index contributed by atoms with van der Waals surface area (Å²) in [6, 6.07) is 0. The number of halogens is 1. The normalized spacial score (nSPS) is 14.9. The third kappa shape index (κ3) is 7.23. The number of hydrogen-bond acceptors (Lipinski definition) is 8. The zero-order valence-corrected chi connectivity index (χ0v) is 22.2. The van der Waals surface area contributed by atoms with Crippen LogP contribution in [0.4, 0.5) is 0 Å². The van der Waals surface area contributed by atoms with E-state index in [1.165, 1.54) is 17.4 Å². The first kappa shape index (κ1) is 26.2. The molecule has 2 aromatic heterocycles. The third-order valence-electron chi connectivity index (χ3n) is 4.46. The molecular formula is C19H34ClN4O5PSi. The summed E-state index contributed by atoms with van der Waals surface area (Å²) in [4.78, 5) is 18.8. The number of aromatic nitrogens is 4. The average Bonchev–Trinajstić information content (AvgIpc) is 3.07. The van der Waals surface area contributed by atoms with E-state index in [4.69, 9.17) is 29.9 Å². The zero-order chi connectivity index (χ0) is 23.2. The van der Waals surface area contributed by atoms with Gasteiger partial charge in [-0.1, -0.05) is 32.4 Å². The summed E-state index contributed by atoms with van der Waals surface area (Å²) < 4.78 is 31.9. The van der Waals surface area contributed by atoms with Crippen molar-refractivity contribution in [2.75, 3.05) is 19.4 Å². The number of hydrogen-bond donors (Lipinski definition) is 0. The fourth-order valence-electron chi connectivity index (χ4n) is 3.26. The van der Waals surface area contributed by atoms with Gasteiger partial charge in [-0.25, -0.2) is 15.0 Å². The van der Waals surface area contributed by atoms with E-state index < -0.39 is 22.7 Å². The standard InChI is InChI=1S/C19H34ClN4O5PSi/c1-8-26-30(25,27-9-2)11-10-14(16(19(3,4)5)29-31(6)7)28-24-13-23-15-17(20)21-12-22-18(15)24/h12-14,16,31H,8-11H2,1-7H3. The molecule has 2 atom stereocenters. The highest BCUT2D eigenvalue weighted by Crippen LogP contribution is 2.49. The molecule has 0 aliphatic carbocycles. The summed E-state index contributed by atoms with van der Waals surface area (Å²) in [5, 5.41) is 0.249. The van der Waals surface area contributed by atoms with Gasteiger partial charge < -0.3 is 18.3 Å². The minimum Gasteiger partial charge on any atom is -0.413 e. The van der Waals surface area contributed by atoms with Crippen LogP contribution in [0, 0.1) is 5.41 Å². The van der Waals surface area contributed by atoms with Gasteiger partial charge in [0.2, 0.25) is 5.65 Å². The van der Waals surface area contributed by atoms with Crippen molar-refractivity contribution < 1.29 is 22.9 Å². The largest absolute Gasteiger partial charge is 0.413 e. The molecule has 176 valence electrons. The number of imidazole rings is 1. The Morgan fingerprint density at radius 3 is 2.35 bits per heavy atom. The second kappa shape index (κ2) is 11.2. The number of rotatable bonds is 12. The molecule has 0 spiro atoms. The second-order valence-corrected chi connectivity index (χ2v) is 13.4. The minimum absolute atomic E-state index is 0.206. The van der Waals surface area contributed by atoms with Crippen LogP contribution in [0.25, 0.3) is 11.2 Å². The van der Waals surface area contributed by atoms with E-state index in [9.17, 15) is 4.57 Å². The predicted octanol–water partition coefficient (Wildman–Crippen LogP) is 4.35. The van der Waals surface area contributed by atoms with Crippen molar-refractivity contribution in [3.63, 3.8) is 0 Å². The molecule has 31 heavy (non-hydrogen) atoms. The lowest BCUT2D eigenvalue weighted by Gasteiger charge is -2.38. The first-order valence-corrected chi connectivity index (χ1v) is 15.4. The van der Waals surface area contributed by atoms with Gasteiger partial charge in [-0.05, 0) is 32.4 Å². The Labute approximate surface area is 191 Å². The van der Waals surface area contributed by atoms with Crippen LogP contribution < -0.4 is 4.84 Å². The molecule has 2 unspecified atom stereocenters. The van der Waals surface area contributed by atoms with Crippen LogP contribution in [0.1, 0.15) is 41.0 Å². The topological polar surface area (TPSA) is 97.6 Å². The molecule has 0 radical (unpaired) electrons. The van der Waals surface area contributed by atoms with Gasteiger partial charge in [0.05, 0.1) is 25.5 Å². The van der Waals surface area contributed by atoms with Gasteiger partial charge in [-0.15, -0.1) is 0 Å². The smallest absolute Gasteiger partial charge is 0.330 e. The van der Waals surface area contributed by atoms with Crippen LogP contribution in [0.2, 0.25) is 18.2 Å². The van der Waals surface area contributed by atoms with Gasteiger partial charge in [0.15, 0.2) is 20.3 Å². The Morgan fingerprint density at radius 2 is 1.81 bits per heavy atom. The summed E-state index contributed by atoms with van der Waals surface area (Å²) in [6.45, 7) is 14.7. The lowest BCUT2D eigenvalue weighted by Crippen LogP contribution is -2.48. The van der Waals surface area contributed by atoms with E-state index in [1.807, 2.05) is 0 Å². The van der Waals surface area contributed by atoms with Crippen LogP contribution in [0.3, 0.4) is 0 Å². The molecule has 0 aromatic carbocycles. The second-order valence-electron chi connectivity index (χ2n) is 8.48. The van der Waals surface area contributed by atoms with Crippen molar-refractivity contribution in [3.05, 3.63) is 17.8 Å². The SMILES string of the molecule is CCOP(=O)(CCC(On1cnc2c(Cl)ncnc21)C(O[SiH](C)C)C(C)(C)C)OCC. The fourth-order valence-corrected chi connectivity index (χ4v) is 6.29. The lowest BCUT2D eigenvalue weighted by atomic mass is 9.85. The van der Waals surface area contributed by atoms with Crippen molar-refractivity contribution in [2.45, 2.75) is 66.3 Å². The van der Waals surface area contributed by atoms with Crippen LogP contribution in [-0.4, -0.2) is 60.3 Å². The Bertz CT molecular complexity index is 882. The van der Waals surface area contributed by atoms with E-state index >= 15 is 0 Å². The highest BCUT2D eigenvalue weighted by molar-refractivity contribution is 7.53. The van der Waals surface area contributed by atoms with Crippen LogP contribution in [0.15, 0.2) is 12.7 Å². The van der Waals surface area contributed by atoms with Gasteiger partial charge in [-0.3, -0.25) is 4.57 Å². The zero-order valence-electron chi connectivity index (χ0n) is 19.4. The maximum absolute atomic E-state index is 13.1. The third-order valence-corrected chi connectivity index (χ3v) is 7.68. The summed E-state index contributed by atoms with van der Waals surface area (Å²) in [5.41, 5.74) is 0.674. The molecular weight excluding hydrogens is 459 g/mol. The summed E-state index contributed by atoms with van der Waals surface area (Å²) in [6.07, 6.45) is 2.77. The lowest BCUT2D eigenvalue weighted by molar-refractivity contribution is -0.0733. The van der Waals surface area contributed by atoms with Gasteiger partial charge in [0.25, 0.3) is 0 Å². The van der Waals surface area contributed by atoms with E-state index in [1.54, 1.807) is 13.8 Å². The molecule has 0 aliphatic heterocycles. The van der Waals surface area contributed by atoms with Crippen molar-refractivity contribution in [1.29, 1.82) is 0 Å². The molecule has 0 aliphatic rings. The molecule has 9 nitrogen and oxygen atoms in total. The average molecular weight is 493 g/mol. The maximum atomic E-state index is 13.1. The van der Waals surface area contributed by atoms with E-state index in [-0.39, 0.29) is 22.8 Å². The molecule has 0 bridgehead atoms. The van der Waals surface area contributed by atoms with Crippen LogP contribution >= 0.6 is 19.2 Å². The minimum atomic E-state index is -3.24. The van der Waals surface area contributed by atoms with Crippen molar-refractivity contribution >= 4 is 39.4 Å². The van der Waals surface area contributed by atoms with Gasteiger partial charge >= 0.3 is 7.60 Å². The predicted molar refractivity (Wildman–Crippen MR) is 124 cm³/mol. The Hall–Kier alpha value is -1.03. The molecule has 0 fully saturated rings. The Kier molecular flexibility index (Phi) is 9.48. The molecule has 0 amide bonds. The van der Waals surface area contributed by atoms with E-state index in [2.05, 4.69) is 48.8 Å². The van der Waals surface area contributed by atoms with Crippen molar-refractivity contribution in [3.8, 4) is 0 Å². The van der Waals surface area contributed by atoms with Gasteiger partial charge in [-0.2, -0.15) is 4.73 Å². The number of fused-ring (bicyclic) bond motifs is 1. The molecule has 0 N–H and O–H groups in total. The quantitative estimate of drug-likeness (QED) is 0.245. The van der Waals surface area contributed by atoms with Crippen molar-refractivity contribution in [1.82, 2.24) is 19.7 Å². The highest BCUT2D eigenvalue weighted by Gasteiger charge is 2.38. The van der Waals surface area contributed by atoms with Crippen molar-refractivity contribution in [2.24, 2.45) is 5.41 Å². The Morgan fingerprint density at radius 1 is 1.16 bits per heavy atom. The highest BCUT2D eigenvalue weighted by atomic mass is 35.5. The summed E-state index contributed by atoms with van der Waals surface area (Å²) in [5.74, 6) is 0. The van der Waals surface area contributed by atoms with Gasteiger partial charge in [0, 0.05) is 6.42 Å². The van der Waals surface area contributed by atoms with E-state index in [0.29, 0.717) is 30.8 Å². The molecule has 12 heteroatoms. The monoisotopic (exact) mass is 492 g/mol. The summed E-state index contributed by atoms with van der Waals surface area (Å²) in [7, 11) is -4.65. The first-order valence-electron chi connectivity index (χ1n) is 10.5.